The highest BCUT2D eigenvalue weighted by Crippen LogP contribution is 2.55. The summed E-state index contributed by atoms with van der Waals surface area (Å²) in [6, 6.07) is 6.16. The summed E-state index contributed by atoms with van der Waals surface area (Å²) in [5.74, 6) is -1.25. The summed E-state index contributed by atoms with van der Waals surface area (Å²) in [6.45, 7) is 0.409. The summed E-state index contributed by atoms with van der Waals surface area (Å²) in [5, 5.41) is 2.45. The molecular weight excluding hydrogens is 552 g/mol. The number of benzene rings is 2. The fourth-order valence-corrected chi connectivity index (χ4v) is 5.99. The first-order valence-electron chi connectivity index (χ1n) is 11.9. The fourth-order valence-electron chi connectivity index (χ4n) is 5.32. The number of fused-ring (bicyclic) bond motifs is 1. The largest absolute Gasteiger partial charge is 0.419 e. The Labute approximate surface area is 220 Å². The monoisotopic (exact) mass is 577 g/mol. The highest BCUT2D eigenvalue weighted by Gasteiger charge is 2.74. The lowest BCUT2D eigenvalue weighted by Gasteiger charge is -2.44. The van der Waals surface area contributed by atoms with E-state index in [9.17, 15) is 44.3 Å². The van der Waals surface area contributed by atoms with Crippen LogP contribution in [0.1, 0.15) is 42.5 Å². The van der Waals surface area contributed by atoms with Crippen molar-refractivity contribution in [2.24, 2.45) is 0 Å². The minimum atomic E-state index is -5.67. The molecule has 0 aliphatic carbocycles. The molecule has 0 aromatic heterocycles. The van der Waals surface area contributed by atoms with E-state index in [1.165, 1.54) is 30.0 Å². The number of rotatable bonds is 5. The second kappa shape index (κ2) is 9.81. The normalized spacial score (nSPS) is 18.8. The molecule has 1 atom stereocenters. The number of carbonyl (C=O) groups excluding carboxylic acids is 2. The number of hydrogen-bond donors (Lipinski definition) is 1. The minimum absolute atomic E-state index is 0.00258. The lowest BCUT2D eigenvalue weighted by Crippen LogP contribution is -2.64. The number of amides is 2. The van der Waals surface area contributed by atoms with Crippen molar-refractivity contribution in [2.45, 2.75) is 55.1 Å². The average molecular weight is 578 g/mol. The number of anilines is 1. The number of nitrogens with one attached hydrogen (secondary N) is 1. The van der Waals surface area contributed by atoms with Gasteiger partial charge in [0.25, 0.3) is 5.91 Å². The molecule has 7 nitrogen and oxygen atoms in total. The molecule has 39 heavy (non-hydrogen) atoms. The molecule has 1 saturated heterocycles. The van der Waals surface area contributed by atoms with Crippen LogP contribution in [0.15, 0.2) is 47.4 Å². The third kappa shape index (κ3) is 4.99. The molecule has 0 bridgehead atoms. The predicted molar refractivity (Wildman–Crippen MR) is 128 cm³/mol. The van der Waals surface area contributed by atoms with Crippen LogP contribution < -0.4 is 5.32 Å². The van der Waals surface area contributed by atoms with Gasteiger partial charge in [-0.15, -0.1) is 0 Å². The summed E-state index contributed by atoms with van der Waals surface area (Å²) in [7, 11) is -3.56. The van der Waals surface area contributed by atoms with E-state index in [0.717, 1.165) is 18.4 Å². The highest BCUT2D eigenvalue weighted by molar-refractivity contribution is 7.90. The maximum Gasteiger partial charge on any atom is 0.419 e. The predicted octanol–water partition coefficient (Wildman–Crippen LogP) is 4.55. The third-order valence-electron chi connectivity index (χ3n) is 7.11. The van der Waals surface area contributed by atoms with E-state index in [1.54, 1.807) is 0 Å². The third-order valence-corrected chi connectivity index (χ3v) is 8.22. The Morgan fingerprint density at radius 1 is 0.923 bits per heavy atom. The second-order valence-electron chi connectivity index (χ2n) is 9.65. The second-order valence-corrected chi connectivity index (χ2v) is 11.7. The van der Waals surface area contributed by atoms with Crippen LogP contribution in [0, 0.1) is 0 Å². The van der Waals surface area contributed by atoms with Crippen molar-refractivity contribution >= 4 is 27.3 Å². The Hall–Kier alpha value is -3.13. The van der Waals surface area contributed by atoms with Crippen molar-refractivity contribution in [1.82, 2.24) is 9.80 Å². The molecule has 2 heterocycles. The summed E-state index contributed by atoms with van der Waals surface area (Å²) >= 11 is 0. The molecule has 0 radical (unpaired) electrons. The van der Waals surface area contributed by atoms with Gasteiger partial charge in [0, 0.05) is 25.4 Å². The Bertz CT molecular complexity index is 1370. The first-order valence-corrected chi connectivity index (χ1v) is 13.8. The number of halogens is 6. The Morgan fingerprint density at radius 2 is 1.49 bits per heavy atom. The van der Waals surface area contributed by atoms with Crippen LogP contribution >= 0.6 is 0 Å². The van der Waals surface area contributed by atoms with E-state index in [-0.39, 0.29) is 43.1 Å². The van der Waals surface area contributed by atoms with Gasteiger partial charge < -0.3 is 10.2 Å². The van der Waals surface area contributed by atoms with Crippen molar-refractivity contribution in [3.05, 3.63) is 59.2 Å². The summed E-state index contributed by atoms with van der Waals surface area (Å²) in [5.41, 5.74) is -4.52. The zero-order chi connectivity index (χ0) is 29.0. The van der Waals surface area contributed by atoms with Crippen LogP contribution in [0.5, 0.6) is 0 Å². The van der Waals surface area contributed by atoms with Crippen LogP contribution in [0.2, 0.25) is 0 Å². The highest BCUT2D eigenvalue weighted by atomic mass is 32.2. The molecular formula is C25H25F6N3O4S. The van der Waals surface area contributed by atoms with Crippen molar-refractivity contribution in [3.8, 4) is 0 Å². The SMILES string of the molecule is CC(=O)N1Cc2cc(S(C)(=O)=O)ccc2C1C(=O)Nc1ccc(C(N2CCCC2)(C(F)(F)F)C(F)(F)F)cc1. The molecule has 2 aliphatic heterocycles. The van der Waals surface area contributed by atoms with Crippen LogP contribution in [0.25, 0.3) is 0 Å². The van der Waals surface area contributed by atoms with Crippen molar-refractivity contribution in [3.63, 3.8) is 0 Å². The van der Waals surface area contributed by atoms with Gasteiger partial charge >= 0.3 is 12.4 Å². The quantitative estimate of drug-likeness (QED) is 0.528. The van der Waals surface area contributed by atoms with E-state index in [4.69, 9.17) is 0 Å². The molecule has 212 valence electrons. The number of hydrogen-bond acceptors (Lipinski definition) is 5. The maximum atomic E-state index is 14.2. The Balaban J connectivity index is 1.66. The lowest BCUT2D eigenvalue weighted by atomic mass is 9.86. The van der Waals surface area contributed by atoms with Gasteiger partial charge in [0.05, 0.1) is 4.90 Å². The topological polar surface area (TPSA) is 86.8 Å². The Kier molecular flexibility index (Phi) is 7.26. The van der Waals surface area contributed by atoms with E-state index in [2.05, 4.69) is 5.32 Å². The first kappa shape index (κ1) is 28.9. The average Bonchev–Trinajstić information content (AvgIpc) is 3.46. The standard InChI is InChI=1S/C25H25F6N3O4S/c1-15(35)34-14-16-13-19(39(2,37)38)9-10-20(16)21(34)22(36)32-18-7-5-17(6-8-18)23(24(26,27)28,25(29,30)31)33-11-3-4-12-33/h5-10,13,21H,3-4,11-12,14H2,1-2H3,(H,32,36). The molecule has 14 heteroatoms. The molecule has 2 amide bonds. The van der Waals surface area contributed by atoms with Gasteiger partial charge in [-0.2, -0.15) is 26.3 Å². The molecule has 1 fully saturated rings. The first-order chi connectivity index (χ1) is 18.0. The van der Waals surface area contributed by atoms with Gasteiger partial charge in [0.15, 0.2) is 9.84 Å². The molecule has 0 spiro atoms. The molecule has 1 unspecified atom stereocenters. The van der Waals surface area contributed by atoms with Gasteiger partial charge in [0.1, 0.15) is 6.04 Å². The molecule has 1 N–H and O–H groups in total. The fraction of sp³-hybridized carbons (Fsp3) is 0.440. The number of nitrogens with zero attached hydrogens (tertiary/aromatic N) is 2. The van der Waals surface area contributed by atoms with E-state index < -0.39 is 51.1 Å². The zero-order valence-corrected chi connectivity index (χ0v) is 21.7. The van der Waals surface area contributed by atoms with Gasteiger partial charge in [-0.05, 0) is 66.9 Å². The van der Waals surface area contributed by atoms with Crippen molar-refractivity contribution < 1.29 is 44.3 Å². The van der Waals surface area contributed by atoms with Crippen LogP contribution in [-0.4, -0.2) is 61.7 Å². The molecule has 2 aromatic carbocycles. The van der Waals surface area contributed by atoms with E-state index >= 15 is 0 Å². The summed E-state index contributed by atoms with van der Waals surface area (Å²) < 4.78 is 109. The Morgan fingerprint density at radius 3 is 1.97 bits per heavy atom. The number of sulfone groups is 1. The molecule has 4 rings (SSSR count). The van der Waals surface area contributed by atoms with Crippen LogP contribution in [0.3, 0.4) is 0 Å². The molecule has 0 saturated carbocycles. The van der Waals surface area contributed by atoms with Gasteiger partial charge in [0.2, 0.25) is 11.4 Å². The smallest absolute Gasteiger partial charge is 0.324 e. The van der Waals surface area contributed by atoms with Gasteiger partial charge in [-0.1, -0.05) is 18.2 Å². The summed E-state index contributed by atoms with van der Waals surface area (Å²) in [6.07, 6.45) is -9.93. The molecule has 2 aliphatic rings. The number of carbonyl (C=O) groups is 2. The number of alkyl halides is 6. The van der Waals surface area contributed by atoms with E-state index in [0.29, 0.717) is 28.2 Å². The molecule has 2 aromatic rings. The zero-order valence-electron chi connectivity index (χ0n) is 20.9. The number of likely N-dealkylation sites (tertiary alicyclic amines) is 1. The van der Waals surface area contributed by atoms with Gasteiger partial charge in [-0.3, -0.25) is 14.5 Å². The lowest BCUT2D eigenvalue weighted by molar-refractivity contribution is -0.346. The summed E-state index contributed by atoms with van der Waals surface area (Å²) in [4.78, 5) is 27.0. The van der Waals surface area contributed by atoms with Crippen molar-refractivity contribution in [2.75, 3.05) is 24.7 Å². The van der Waals surface area contributed by atoms with Crippen LogP contribution in [0.4, 0.5) is 32.0 Å². The van der Waals surface area contributed by atoms with E-state index in [1.807, 2.05) is 0 Å². The van der Waals surface area contributed by atoms with Gasteiger partial charge in [-0.25, -0.2) is 8.42 Å². The van der Waals surface area contributed by atoms with Crippen molar-refractivity contribution in [1.29, 1.82) is 0 Å². The maximum absolute atomic E-state index is 14.2. The minimum Gasteiger partial charge on any atom is -0.324 e. The van der Waals surface area contributed by atoms with Crippen LogP contribution in [-0.2, 0) is 31.5 Å².